The number of carbonyl (C=O) groups is 2. The number of hydrogen-bond acceptors (Lipinski definition) is 5. The molecule has 0 aromatic heterocycles. The van der Waals surface area contributed by atoms with Crippen LogP contribution in [0.1, 0.15) is 17.3 Å². The van der Waals surface area contributed by atoms with Crippen LogP contribution in [0.5, 0.6) is 0 Å². The quantitative estimate of drug-likeness (QED) is 0.823. The Morgan fingerprint density at radius 2 is 2.11 bits per heavy atom. The smallest absolute Gasteiger partial charge is 0.347 e. The molecule has 1 N–H and O–H groups in total. The third-order valence-electron chi connectivity index (χ3n) is 2.95. The molecule has 0 spiro atoms. The van der Waals surface area contributed by atoms with Crippen molar-refractivity contribution in [2.45, 2.75) is 24.8 Å². The molecule has 3 atom stereocenters. The third kappa shape index (κ3) is 2.58. The van der Waals surface area contributed by atoms with E-state index in [9.17, 15) is 19.1 Å². The molecule has 1 saturated heterocycles. The molecule has 0 aliphatic carbocycles. The molecule has 0 unspecified atom stereocenters. The number of esters is 2. The molecule has 1 aliphatic rings. The number of carbonyl (C=O) groups excluding carboxylic acids is 2. The van der Waals surface area contributed by atoms with E-state index in [4.69, 9.17) is 4.74 Å². The highest BCUT2D eigenvalue weighted by molar-refractivity contribution is 5.89. The lowest BCUT2D eigenvalue weighted by molar-refractivity contribution is -0.150. The molecule has 0 saturated carbocycles. The fourth-order valence-electron chi connectivity index (χ4n) is 1.73. The van der Waals surface area contributed by atoms with Gasteiger partial charge in [0.05, 0.1) is 5.56 Å². The predicted molar refractivity (Wildman–Crippen MR) is 62.1 cm³/mol. The molecule has 1 aromatic carbocycles. The maximum atomic E-state index is 13.6. The number of aliphatic hydroxyl groups is 1. The zero-order valence-electron chi connectivity index (χ0n) is 10.2. The second kappa shape index (κ2) is 4.97. The normalized spacial score (nSPS) is 29.9. The van der Waals surface area contributed by atoms with Crippen LogP contribution in [0.4, 0.5) is 4.39 Å². The van der Waals surface area contributed by atoms with Crippen LogP contribution in [-0.4, -0.2) is 41.5 Å². The third-order valence-corrected chi connectivity index (χ3v) is 2.95. The van der Waals surface area contributed by atoms with E-state index in [1.165, 1.54) is 0 Å². The molecule has 2 rings (SSSR count). The van der Waals surface area contributed by atoms with Gasteiger partial charge >= 0.3 is 11.9 Å². The van der Waals surface area contributed by atoms with E-state index in [0.717, 1.165) is 6.92 Å². The van der Waals surface area contributed by atoms with Crippen molar-refractivity contribution in [3.8, 4) is 0 Å². The van der Waals surface area contributed by atoms with E-state index in [1.54, 1.807) is 30.3 Å². The fourth-order valence-corrected chi connectivity index (χ4v) is 1.73. The number of cyclic esters (lactones) is 1. The Morgan fingerprint density at radius 1 is 1.47 bits per heavy atom. The summed E-state index contributed by atoms with van der Waals surface area (Å²) < 4.78 is 23.1. The van der Waals surface area contributed by atoms with Gasteiger partial charge in [0.15, 0.2) is 6.10 Å². The van der Waals surface area contributed by atoms with Crippen LogP contribution in [-0.2, 0) is 14.3 Å². The summed E-state index contributed by atoms with van der Waals surface area (Å²) in [4.78, 5) is 22.7. The lowest BCUT2D eigenvalue weighted by Gasteiger charge is -2.16. The Hall–Kier alpha value is -1.95. The first-order valence-electron chi connectivity index (χ1n) is 5.73. The topological polar surface area (TPSA) is 72.8 Å². The van der Waals surface area contributed by atoms with E-state index < -0.39 is 29.8 Å². The van der Waals surface area contributed by atoms with Gasteiger partial charge in [0.25, 0.3) is 0 Å². The lowest BCUT2D eigenvalue weighted by Crippen LogP contribution is -2.40. The minimum absolute atomic E-state index is 0.323. The molecule has 19 heavy (non-hydrogen) atoms. The zero-order chi connectivity index (χ0) is 14.0. The van der Waals surface area contributed by atoms with Gasteiger partial charge in [0.1, 0.15) is 12.7 Å². The second-order valence-electron chi connectivity index (χ2n) is 4.43. The van der Waals surface area contributed by atoms with Gasteiger partial charge in [0.2, 0.25) is 5.67 Å². The minimum Gasteiger partial charge on any atom is -0.458 e. The number of alkyl halides is 1. The molecular formula is C13H13FO5. The van der Waals surface area contributed by atoms with Crippen molar-refractivity contribution in [2.24, 2.45) is 0 Å². The molecule has 1 aliphatic heterocycles. The molecule has 1 heterocycles. The van der Waals surface area contributed by atoms with Crippen molar-refractivity contribution in [1.82, 2.24) is 0 Å². The Morgan fingerprint density at radius 3 is 2.63 bits per heavy atom. The summed E-state index contributed by atoms with van der Waals surface area (Å²) in [6, 6.07) is 8.19. The number of ether oxygens (including phenoxy) is 2. The van der Waals surface area contributed by atoms with E-state index in [0.29, 0.717) is 5.56 Å². The summed E-state index contributed by atoms with van der Waals surface area (Å²) in [5.74, 6) is -1.78. The van der Waals surface area contributed by atoms with Gasteiger partial charge in [-0.15, -0.1) is 0 Å². The van der Waals surface area contributed by atoms with Gasteiger partial charge in [-0.25, -0.2) is 14.0 Å². The van der Waals surface area contributed by atoms with Crippen molar-refractivity contribution >= 4 is 11.9 Å². The van der Waals surface area contributed by atoms with E-state index in [1.807, 2.05) is 0 Å². The van der Waals surface area contributed by atoms with Crippen LogP contribution in [0.15, 0.2) is 30.3 Å². The molecule has 1 aromatic rings. The van der Waals surface area contributed by atoms with Gasteiger partial charge < -0.3 is 14.6 Å². The fraction of sp³-hybridized carbons (Fsp3) is 0.385. The SMILES string of the molecule is C[C@]1(F)C(=O)O[C@H](COC(=O)c2ccccc2)[C@H]1O. The van der Waals surface area contributed by atoms with Crippen molar-refractivity contribution < 1.29 is 28.6 Å². The first-order valence-corrected chi connectivity index (χ1v) is 5.73. The largest absolute Gasteiger partial charge is 0.458 e. The van der Waals surface area contributed by atoms with Crippen molar-refractivity contribution in [3.05, 3.63) is 35.9 Å². The van der Waals surface area contributed by atoms with Crippen LogP contribution in [0, 0.1) is 0 Å². The zero-order valence-corrected chi connectivity index (χ0v) is 10.2. The highest BCUT2D eigenvalue weighted by Gasteiger charge is 2.55. The summed E-state index contributed by atoms with van der Waals surface area (Å²) in [7, 11) is 0. The van der Waals surface area contributed by atoms with E-state index in [-0.39, 0.29) is 6.61 Å². The number of rotatable bonds is 3. The molecule has 0 amide bonds. The molecule has 6 heteroatoms. The van der Waals surface area contributed by atoms with Crippen molar-refractivity contribution in [2.75, 3.05) is 6.61 Å². The molecule has 5 nitrogen and oxygen atoms in total. The van der Waals surface area contributed by atoms with Gasteiger partial charge in [-0.2, -0.15) is 0 Å². The number of halogens is 1. The first kappa shape index (κ1) is 13.5. The van der Waals surface area contributed by atoms with Crippen molar-refractivity contribution in [1.29, 1.82) is 0 Å². The standard InChI is InChI=1S/C13H13FO5/c1-13(14)10(15)9(19-12(13)17)7-18-11(16)8-5-3-2-4-6-8/h2-6,9-10,15H,7H2,1H3/t9-,10-,13-/m1/s1. The monoisotopic (exact) mass is 268 g/mol. The van der Waals surface area contributed by atoms with E-state index >= 15 is 0 Å². The molecule has 0 radical (unpaired) electrons. The molecule has 102 valence electrons. The number of hydrogen-bond donors (Lipinski definition) is 1. The molecular weight excluding hydrogens is 255 g/mol. The van der Waals surface area contributed by atoms with Crippen LogP contribution in [0.25, 0.3) is 0 Å². The maximum Gasteiger partial charge on any atom is 0.347 e. The Labute approximate surface area is 108 Å². The van der Waals surface area contributed by atoms with Crippen LogP contribution in [0.3, 0.4) is 0 Å². The highest BCUT2D eigenvalue weighted by Crippen LogP contribution is 2.29. The maximum absolute atomic E-state index is 13.6. The van der Waals surface area contributed by atoms with Gasteiger partial charge in [-0.1, -0.05) is 18.2 Å². The summed E-state index contributed by atoms with van der Waals surface area (Å²) >= 11 is 0. The van der Waals surface area contributed by atoms with E-state index in [2.05, 4.69) is 4.74 Å². The van der Waals surface area contributed by atoms with Gasteiger partial charge in [-0.05, 0) is 19.1 Å². The Kier molecular flexibility index (Phi) is 3.53. The minimum atomic E-state index is -2.47. The predicted octanol–water partition coefficient (Wildman–Crippen LogP) is 0.858. The molecule has 1 fully saturated rings. The summed E-state index contributed by atoms with van der Waals surface area (Å²) in [6.07, 6.45) is -2.83. The number of benzene rings is 1. The van der Waals surface area contributed by atoms with Gasteiger partial charge in [-0.3, -0.25) is 0 Å². The summed E-state index contributed by atoms with van der Waals surface area (Å²) in [6.45, 7) is 0.541. The average molecular weight is 268 g/mol. The summed E-state index contributed by atoms with van der Waals surface area (Å²) in [5.41, 5.74) is -2.14. The molecule has 0 bridgehead atoms. The van der Waals surface area contributed by atoms with Crippen molar-refractivity contribution in [3.63, 3.8) is 0 Å². The Balaban J connectivity index is 1.94. The Bertz CT molecular complexity index is 485. The second-order valence-corrected chi connectivity index (χ2v) is 4.43. The van der Waals surface area contributed by atoms with Crippen LogP contribution in [0.2, 0.25) is 0 Å². The average Bonchev–Trinajstić information content (AvgIpc) is 2.60. The summed E-state index contributed by atoms with van der Waals surface area (Å²) in [5, 5.41) is 9.56. The number of aliphatic hydroxyl groups excluding tert-OH is 1. The first-order chi connectivity index (χ1) is 8.93. The van der Waals surface area contributed by atoms with Crippen LogP contribution < -0.4 is 0 Å². The van der Waals surface area contributed by atoms with Gasteiger partial charge in [0, 0.05) is 0 Å². The highest BCUT2D eigenvalue weighted by atomic mass is 19.1. The van der Waals surface area contributed by atoms with Crippen LogP contribution >= 0.6 is 0 Å². The lowest BCUT2D eigenvalue weighted by atomic mass is 10.0.